The van der Waals surface area contributed by atoms with Gasteiger partial charge in [0.2, 0.25) is 0 Å². The third kappa shape index (κ3) is 4.28. The summed E-state index contributed by atoms with van der Waals surface area (Å²) in [5.41, 5.74) is 4.36. The minimum atomic E-state index is -0.0846. The lowest BCUT2D eigenvalue weighted by Gasteiger charge is -2.46. The van der Waals surface area contributed by atoms with Crippen molar-refractivity contribution < 1.29 is 9.53 Å². The first-order valence-corrected chi connectivity index (χ1v) is 12.2. The van der Waals surface area contributed by atoms with Crippen LogP contribution >= 0.6 is 0 Å². The molecule has 3 heteroatoms. The Morgan fingerprint density at radius 3 is 2.25 bits per heavy atom. The molecular formula is C29H35NO2. The smallest absolute Gasteiger partial charge is 0.311 e. The maximum atomic E-state index is 13.1. The first kappa shape index (κ1) is 21.5. The SMILES string of the molecule is CC1CCCC2(C)CC3OC(=O)C(CN(Cc4ccccc4)Cc4ccccc4)C3C=C12. The van der Waals surface area contributed by atoms with E-state index >= 15 is 0 Å². The summed E-state index contributed by atoms with van der Waals surface area (Å²) in [5, 5.41) is 0. The van der Waals surface area contributed by atoms with Crippen molar-refractivity contribution in [3.05, 3.63) is 83.4 Å². The first-order valence-electron chi connectivity index (χ1n) is 12.2. The highest BCUT2D eigenvalue weighted by molar-refractivity contribution is 5.76. The zero-order chi connectivity index (χ0) is 22.1. The van der Waals surface area contributed by atoms with E-state index in [1.807, 2.05) is 0 Å². The van der Waals surface area contributed by atoms with Crippen molar-refractivity contribution in [2.24, 2.45) is 23.2 Å². The number of allylic oxidation sites excluding steroid dienone is 1. The van der Waals surface area contributed by atoms with Gasteiger partial charge in [-0.05, 0) is 41.7 Å². The van der Waals surface area contributed by atoms with Crippen molar-refractivity contribution in [1.29, 1.82) is 0 Å². The van der Waals surface area contributed by atoms with Gasteiger partial charge in [0.05, 0.1) is 5.92 Å². The molecule has 0 N–H and O–H groups in total. The number of carbonyl (C=O) groups is 1. The Hall–Kier alpha value is -2.39. The number of rotatable bonds is 6. The summed E-state index contributed by atoms with van der Waals surface area (Å²) in [5.74, 6) is 0.743. The quantitative estimate of drug-likeness (QED) is 0.416. The lowest BCUT2D eigenvalue weighted by molar-refractivity contribution is -0.145. The van der Waals surface area contributed by atoms with Crippen molar-refractivity contribution in [1.82, 2.24) is 4.90 Å². The van der Waals surface area contributed by atoms with Crippen LogP contribution in [-0.4, -0.2) is 23.5 Å². The Balaban J connectivity index is 1.40. The van der Waals surface area contributed by atoms with Crippen molar-refractivity contribution in [2.75, 3.05) is 6.54 Å². The second kappa shape index (κ2) is 8.86. The van der Waals surface area contributed by atoms with Crippen LogP contribution < -0.4 is 0 Å². The molecular weight excluding hydrogens is 394 g/mol. The zero-order valence-corrected chi connectivity index (χ0v) is 19.4. The number of fused-ring (bicyclic) bond motifs is 2. The molecule has 0 aromatic heterocycles. The largest absolute Gasteiger partial charge is 0.461 e. The summed E-state index contributed by atoms with van der Waals surface area (Å²) in [6.45, 7) is 7.16. The molecule has 5 rings (SSSR count). The van der Waals surface area contributed by atoms with E-state index in [1.54, 1.807) is 5.57 Å². The molecule has 2 aromatic carbocycles. The van der Waals surface area contributed by atoms with Gasteiger partial charge in [-0.25, -0.2) is 0 Å². The van der Waals surface area contributed by atoms with Gasteiger partial charge in [-0.15, -0.1) is 0 Å². The standard InChI is InChI=1S/C29H35NO2/c1-21-10-9-15-29(2)17-27-24(16-26(21)29)25(28(31)32-27)20-30(18-22-11-5-3-6-12-22)19-23-13-7-4-8-14-23/h3-8,11-14,16,21,24-25,27H,9-10,15,17-20H2,1-2H3. The van der Waals surface area contributed by atoms with Gasteiger partial charge in [0.25, 0.3) is 0 Å². The van der Waals surface area contributed by atoms with Gasteiger partial charge in [-0.1, -0.05) is 92.6 Å². The summed E-state index contributed by atoms with van der Waals surface area (Å²) >= 11 is 0. The highest BCUT2D eigenvalue weighted by Gasteiger charge is 2.51. The predicted octanol–water partition coefficient (Wildman–Crippen LogP) is 6.00. The molecule has 2 aliphatic carbocycles. The molecule has 5 atom stereocenters. The van der Waals surface area contributed by atoms with Crippen molar-refractivity contribution in [3.8, 4) is 0 Å². The minimum Gasteiger partial charge on any atom is -0.461 e. The van der Waals surface area contributed by atoms with Crippen LogP contribution in [0.5, 0.6) is 0 Å². The van der Waals surface area contributed by atoms with Gasteiger partial charge in [-0.3, -0.25) is 9.69 Å². The number of benzene rings is 2. The highest BCUT2D eigenvalue weighted by Crippen LogP contribution is 2.54. The number of hydrogen-bond acceptors (Lipinski definition) is 3. The van der Waals surface area contributed by atoms with Gasteiger partial charge in [0, 0.05) is 25.6 Å². The van der Waals surface area contributed by atoms with Crippen LogP contribution in [0, 0.1) is 23.2 Å². The molecule has 5 unspecified atom stereocenters. The number of esters is 1. The third-order valence-electron chi connectivity index (χ3n) is 8.03. The number of ether oxygens (including phenoxy) is 1. The maximum absolute atomic E-state index is 13.1. The normalized spacial score (nSPS) is 31.6. The fourth-order valence-electron chi connectivity index (χ4n) is 6.41. The van der Waals surface area contributed by atoms with Gasteiger partial charge >= 0.3 is 5.97 Å². The molecule has 32 heavy (non-hydrogen) atoms. The van der Waals surface area contributed by atoms with E-state index in [-0.39, 0.29) is 29.3 Å². The highest BCUT2D eigenvalue weighted by atomic mass is 16.6. The first-order chi connectivity index (χ1) is 15.5. The fraction of sp³-hybridized carbons (Fsp3) is 0.483. The molecule has 3 nitrogen and oxygen atoms in total. The van der Waals surface area contributed by atoms with Gasteiger partial charge < -0.3 is 4.74 Å². The van der Waals surface area contributed by atoms with E-state index in [0.29, 0.717) is 5.92 Å². The fourth-order valence-corrected chi connectivity index (χ4v) is 6.41. The van der Waals surface area contributed by atoms with Crippen LogP contribution in [0.15, 0.2) is 72.3 Å². The lowest BCUT2D eigenvalue weighted by Crippen LogP contribution is -2.40. The molecule has 168 valence electrons. The monoisotopic (exact) mass is 429 g/mol. The van der Waals surface area contributed by atoms with Crippen molar-refractivity contribution >= 4 is 5.97 Å². The van der Waals surface area contributed by atoms with Gasteiger partial charge in [-0.2, -0.15) is 0 Å². The third-order valence-corrected chi connectivity index (χ3v) is 8.03. The summed E-state index contributed by atoms with van der Waals surface area (Å²) in [7, 11) is 0. The molecule has 1 aliphatic heterocycles. The van der Waals surface area contributed by atoms with Crippen molar-refractivity contribution in [2.45, 2.75) is 58.7 Å². The molecule has 1 saturated carbocycles. The molecule has 1 heterocycles. The molecule has 0 radical (unpaired) electrons. The average molecular weight is 430 g/mol. The van der Waals surface area contributed by atoms with E-state index in [2.05, 4.69) is 85.5 Å². The summed E-state index contributed by atoms with van der Waals surface area (Å²) in [6.07, 6.45) is 7.28. The second-order valence-electron chi connectivity index (χ2n) is 10.5. The molecule has 0 bridgehead atoms. The van der Waals surface area contributed by atoms with E-state index < -0.39 is 0 Å². The van der Waals surface area contributed by atoms with E-state index in [0.717, 1.165) is 26.1 Å². The van der Waals surface area contributed by atoms with Crippen LogP contribution in [0.3, 0.4) is 0 Å². The van der Waals surface area contributed by atoms with E-state index in [4.69, 9.17) is 4.74 Å². The summed E-state index contributed by atoms with van der Waals surface area (Å²) < 4.78 is 6.02. The number of carbonyl (C=O) groups excluding carboxylic acids is 1. The number of hydrogen-bond donors (Lipinski definition) is 0. The average Bonchev–Trinajstić information content (AvgIpc) is 3.07. The van der Waals surface area contributed by atoms with Crippen molar-refractivity contribution in [3.63, 3.8) is 0 Å². The topological polar surface area (TPSA) is 29.5 Å². The Bertz CT molecular complexity index is 928. The van der Waals surface area contributed by atoms with Crippen LogP contribution in [0.25, 0.3) is 0 Å². The van der Waals surface area contributed by atoms with Crippen LogP contribution in [0.4, 0.5) is 0 Å². The van der Waals surface area contributed by atoms with E-state index in [1.165, 1.54) is 30.4 Å². The summed E-state index contributed by atoms with van der Waals surface area (Å²) in [4.78, 5) is 15.5. The zero-order valence-electron chi connectivity index (χ0n) is 19.4. The lowest BCUT2D eigenvalue weighted by atomic mass is 9.59. The number of nitrogens with zero attached hydrogens (tertiary/aromatic N) is 1. The molecule has 2 fully saturated rings. The molecule has 3 aliphatic rings. The Morgan fingerprint density at radius 2 is 1.62 bits per heavy atom. The minimum absolute atomic E-state index is 0.00197. The molecule has 0 spiro atoms. The predicted molar refractivity (Wildman–Crippen MR) is 128 cm³/mol. The second-order valence-corrected chi connectivity index (χ2v) is 10.5. The Labute approximate surface area is 192 Å². The Morgan fingerprint density at radius 1 is 1.00 bits per heavy atom. The van der Waals surface area contributed by atoms with Crippen LogP contribution in [0.1, 0.15) is 50.7 Å². The molecule has 2 aromatic rings. The van der Waals surface area contributed by atoms with Crippen LogP contribution in [-0.2, 0) is 22.6 Å². The molecule has 0 amide bonds. The van der Waals surface area contributed by atoms with Crippen LogP contribution in [0.2, 0.25) is 0 Å². The Kier molecular flexibility index (Phi) is 5.94. The summed E-state index contributed by atoms with van der Waals surface area (Å²) in [6, 6.07) is 21.2. The maximum Gasteiger partial charge on any atom is 0.311 e. The molecule has 1 saturated heterocycles. The van der Waals surface area contributed by atoms with Gasteiger partial charge in [0.15, 0.2) is 0 Å². The van der Waals surface area contributed by atoms with Gasteiger partial charge in [0.1, 0.15) is 6.10 Å². The van der Waals surface area contributed by atoms with E-state index in [9.17, 15) is 4.79 Å².